The van der Waals surface area contributed by atoms with E-state index in [1.54, 1.807) is 32.0 Å². The van der Waals surface area contributed by atoms with Crippen LogP contribution in [0.25, 0.3) is 10.9 Å². The highest BCUT2D eigenvalue weighted by molar-refractivity contribution is 5.93. The van der Waals surface area contributed by atoms with Crippen LogP contribution in [0, 0.1) is 5.82 Å². The standard InChI is InChI=1S/C18H20FN5O3/c1-9(11-4-6-12(19)7-5-11)20-18(26)22-14-8-13-15(16(21-14)10(2)25)17(27-3)24-23-13/h4-10,25H,1-3H3,(H,23,24)(H2,20,21,22,26). The van der Waals surface area contributed by atoms with Gasteiger partial charge in [-0.3, -0.25) is 10.4 Å². The van der Waals surface area contributed by atoms with Gasteiger partial charge in [0.05, 0.1) is 35.9 Å². The van der Waals surface area contributed by atoms with Gasteiger partial charge in [0.2, 0.25) is 5.88 Å². The number of nitrogens with zero attached hydrogens (tertiary/aromatic N) is 2. The zero-order valence-corrected chi connectivity index (χ0v) is 15.1. The smallest absolute Gasteiger partial charge is 0.320 e. The SMILES string of the molecule is COc1n[nH]c2cc(NC(=O)NC(C)c3ccc(F)cc3)nc(C(C)O)c12. The number of hydrogen-bond acceptors (Lipinski definition) is 5. The van der Waals surface area contributed by atoms with Gasteiger partial charge in [-0.2, -0.15) is 0 Å². The fraction of sp³-hybridized carbons (Fsp3) is 0.278. The monoisotopic (exact) mass is 373 g/mol. The molecule has 27 heavy (non-hydrogen) atoms. The summed E-state index contributed by atoms with van der Waals surface area (Å²) in [7, 11) is 1.47. The lowest BCUT2D eigenvalue weighted by atomic mass is 10.1. The Morgan fingerprint density at radius 3 is 2.63 bits per heavy atom. The number of rotatable bonds is 5. The molecule has 0 spiro atoms. The molecule has 2 amide bonds. The summed E-state index contributed by atoms with van der Waals surface area (Å²) in [4.78, 5) is 16.6. The summed E-state index contributed by atoms with van der Waals surface area (Å²) in [5.74, 6) is 0.219. The topological polar surface area (TPSA) is 112 Å². The summed E-state index contributed by atoms with van der Waals surface area (Å²) < 4.78 is 18.2. The van der Waals surface area contributed by atoms with Crippen molar-refractivity contribution >= 4 is 22.8 Å². The van der Waals surface area contributed by atoms with E-state index in [-0.39, 0.29) is 17.7 Å². The van der Waals surface area contributed by atoms with Crippen molar-refractivity contribution in [3.8, 4) is 5.88 Å². The van der Waals surface area contributed by atoms with Crippen molar-refractivity contribution < 1.29 is 19.0 Å². The number of halogens is 1. The number of fused-ring (bicyclic) bond motifs is 1. The number of amides is 2. The van der Waals surface area contributed by atoms with Crippen LogP contribution in [0.4, 0.5) is 15.0 Å². The minimum absolute atomic E-state index is 0.244. The number of aromatic amines is 1. The molecule has 2 heterocycles. The maximum absolute atomic E-state index is 13.0. The van der Waals surface area contributed by atoms with E-state index in [1.165, 1.54) is 19.2 Å². The van der Waals surface area contributed by atoms with E-state index in [9.17, 15) is 14.3 Å². The first-order valence-electron chi connectivity index (χ1n) is 8.33. The van der Waals surface area contributed by atoms with Crippen LogP contribution in [0.5, 0.6) is 5.88 Å². The minimum Gasteiger partial charge on any atom is -0.479 e. The Labute approximate surface area is 154 Å². The number of aliphatic hydroxyl groups is 1. The van der Waals surface area contributed by atoms with Crippen molar-refractivity contribution in [3.05, 3.63) is 47.4 Å². The normalized spacial score (nSPS) is 13.2. The van der Waals surface area contributed by atoms with E-state index in [1.807, 2.05) is 0 Å². The van der Waals surface area contributed by atoms with Gasteiger partial charge >= 0.3 is 6.03 Å². The van der Waals surface area contributed by atoms with Gasteiger partial charge in [-0.05, 0) is 31.5 Å². The minimum atomic E-state index is -0.887. The Balaban J connectivity index is 1.79. The average Bonchev–Trinajstić information content (AvgIpc) is 3.04. The highest BCUT2D eigenvalue weighted by Crippen LogP contribution is 2.30. The zero-order chi connectivity index (χ0) is 19.6. The first-order valence-corrected chi connectivity index (χ1v) is 8.33. The number of ether oxygens (including phenoxy) is 1. The highest BCUT2D eigenvalue weighted by Gasteiger charge is 2.19. The molecule has 142 valence electrons. The second-order valence-corrected chi connectivity index (χ2v) is 6.10. The fourth-order valence-electron chi connectivity index (χ4n) is 2.74. The van der Waals surface area contributed by atoms with Crippen LogP contribution in [0.1, 0.15) is 37.3 Å². The lowest BCUT2D eigenvalue weighted by Crippen LogP contribution is -2.31. The molecule has 3 aromatic rings. The molecule has 2 aromatic heterocycles. The number of aromatic nitrogens is 3. The summed E-state index contributed by atoms with van der Waals surface area (Å²) in [5.41, 5.74) is 1.66. The van der Waals surface area contributed by atoms with Crippen molar-refractivity contribution in [2.24, 2.45) is 0 Å². The number of pyridine rings is 1. The van der Waals surface area contributed by atoms with Gasteiger partial charge < -0.3 is 15.2 Å². The number of hydrogen-bond donors (Lipinski definition) is 4. The molecule has 0 bridgehead atoms. The average molecular weight is 373 g/mol. The predicted molar refractivity (Wildman–Crippen MR) is 98.0 cm³/mol. The molecule has 9 heteroatoms. The van der Waals surface area contributed by atoms with Crippen LogP contribution in [-0.2, 0) is 0 Å². The highest BCUT2D eigenvalue weighted by atomic mass is 19.1. The van der Waals surface area contributed by atoms with Crippen molar-refractivity contribution in [2.45, 2.75) is 26.0 Å². The molecule has 0 aliphatic heterocycles. The third-order valence-corrected chi connectivity index (χ3v) is 4.09. The van der Waals surface area contributed by atoms with Gasteiger partial charge in [0.25, 0.3) is 0 Å². The molecule has 0 saturated heterocycles. The molecule has 0 saturated carbocycles. The number of H-pyrrole nitrogens is 1. The molecule has 1 aromatic carbocycles. The molecule has 0 aliphatic carbocycles. The van der Waals surface area contributed by atoms with E-state index in [2.05, 4.69) is 25.8 Å². The maximum atomic E-state index is 13.0. The molecule has 0 radical (unpaired) electrons. The Morgan fingerprint density at radius 1 is 1.30 bits per heavy atom. The van der Waals surface area contributed by atoms with Crippen LogP contribution in [0.2, 0.25) is 0 Å². The van der Waals surface area contributed by atoms with E-state index >= 15 is 0 Å². The predicted octanol–water partition coefficient (Wildman–Crippen LogP) is 3.04. The summed E-state index contributed by atoms with van der Waals surface area (Å²) in [6, 6.07) is 6.65. The van der Waals surface area contributed by atoms with Gasteiger partial charge in [0.1, 0.15) is 11.6 Å². The summed E-state index contributed by atoms with van der Waals surface area (Å²) in [6.07, 6.45) is -0.887. The number of carbonyl (C=O) groups excluding carboxylic acids is 1. The van der Waals surface area contributed by atoms with Gasteiger partial charge in [-0.1, -0.05) is 12.1 Å². The van der Waals surface area contributed by atoms with Crippen LogP contribution < -0.4 is 15.4 Å². The van der Waals surface area contributed by atoms with Crippen molar-refractivity contribution in [1.82, 2.24) is 20.5 Å². The zero-order valence-electron chi connectivity index (χ0n) is 15.1. The maximum Gasteiger partial charge on any atom is 0.320 e. The van der Waals surface area contributed by atoms with E-state index in [0.29, 0.717) is 22.5 Å². The largest absolute Gasteiger partial charge is 0.479 e. The Kier molecular flexibility index (Phi) is 5.22. The van der Waals surface area contributed by atoms with E-state index in [0.717, 1.165) is 5.56 Å². The van der Waals surface area contributed by atoms with Gasteiger partial charge in [0, 0.05) is 6.07 Å². The second kappa shape index (κ2) is 7.58. The van der Waals surface area contributed by atoms with Crippen LogP contribution in [0.3, 0.4) is 0 Å². The number of aliphatic hydroxyl groups excluding tert-OH is 1. The Hall–Kier alpha value is -3.20. The van der Waals surface area contributed by atoms with Crippen LogP contribution >= 0.6 is 0 Å². The molecule has 4 N–H and O–H groups in total. The Morgan fingerprint density at radius 2 is 2.00 bits per heavy atom. The molecular weight excluding hydrogens is 353 g/mol. The number of carbonyl (C=O) groups is 1. The number of urea groups is 1. The van der Waals surface area contributed by atoms with Gasteiger partial charge in [-0.25, -0.2) is 14.2 Å². The number of benzene rings is 1. The van der Waals surface area contributed by atoms with E-state index < -0.39 is 12.1 Å². The summed E-state index contributed by atoms with van der Waals surface area (Å²) >= 11 is 0. The van der Waals surface area contributed by atoms with Gasteiger partial charge in [0.15, 0.2) is 0 Å². The lowest BCUT2D eigenvalue weighted by molar-refractivity contribution is 0.196. The fourth-order valence-corrected chi connectivity index (χ4v) is 2.74. The van der Waals surface area contributed by atoms with E-state index in [4.69, 9.17) is 4.74 Å². The molecule has 0 fully saturated rings. The molecule has 0 aliphatic rings. The quantitative estimate of drug-likeness (QED) is 0.549. The molecule has 3 rings (SSSR count). The summed E-state index contributed by atoms with van der Waals surface area (Å²) in [5, 5.41) is 22.8. The molecular formula is C18H20FN5O3. The second-order valence-electron chi connectivity index (χ2n) is 6.10. The third-order valence-electron chi connectivity index (χ3n) is 4.09. The first kappa shape index (κ1) is 18.6. The number of anilines is 1. The number of nitrogens with one attached hydrogen (secondary N) is 3. The molecule has 2 atom stereocenters. The summed E-state index contributed by atoms with van der Waals surface area (Å²) in [6.45, 7) is 3.35. The van der Waals surface area contributed by atoms with Crippen molar-refractivity contribution in [3.63, 3.8) is 0 Å². The van der Waals surface area contributed by atoms with Crippen LogP contribution in [0.15, 0.2) is 30.3 Å². The van der Waals surface area contributed by atoms with Gasteiger partial charge in [-0.15, -0.1) is 5.10 Å². The lowest BCUT2D eigenvalue weighted by Gasteiger charge is -2.15. The number of methoxy groups -OCH3 is 1. The third kappa shape index (κ3) is 3.98. The van der Waals surface area contributed by atoms with Crippen molar-refractivity contribution in [2.75, 3.05) is 12.4 Å². The molecule has 8 nitrogen and oxygen atoms in total. The van der Waals surface area contributed by atoms with Crippen LogP contribution in [-0.4, -0.2) is 33.4 Å². The van der Waals surface area contributed by atoms with Crippen molar-refractivity contribution in [1.29, 1.82) is 0 Å². The first-order chi connectivity index (χ1) is 12.9. The molecule has 2 unspecified atom stereocenters. The Bertz CT molecular complexity index is 956.